The van der Waals surface area contributed by atoms with Gasteiger partial charge in [0, 0.05) is 179 Å². The number of hydrogen-bond donors (Lipinski definition) is 7. The number of nitrogens with zero attached hydrogens (tertiary/aromatic N) is 11. The van der Waals surface area contributed by atoms with Crippen LogP contribution >= 0.6 is 0 Å². The number of rotatable bonds is 17. The Balaban J connectivity index is 0.000000123. The van der Waals surface area contributed by atoms with Crippen molar-refractivity contribution in [3.8, 4) is 33.8 Å². The zero-order valence-electron chi connectivity index (χ0n) is 63.4. The molecule has 576 valence electrons. The first kappa shape index (κ1) is 73.5. The van der Waals surface area contributed by atoms with Crippen molar-refractivity contribution in [3.05, 3.63) is 245 Å². The lowest BCUT2D eigenvalue weighted by atomic mass is 9.99. The Labute approximate surface area is 654 Å². The van der Waals surface area contributed by atoms with E-state index in [1.54, 1.807) is 24.7 Å². The van der Waals surface area contributed by atoms with Crippen LogP contribution in [-0.4, -0.2) is 181 Å². The molecule has 0 bridgehead atoms. The molecule has 7 aliphatic rings. The average molecular weight is 1520 g/mol. The van der Waals surface area contributed by atoms with Crippen molar-refractivity contribution in [1.82, 2.24) is 69.0 Å². The summed E-state index contributed by atoms with van der Waals surface area (Å²) in [5.74, 6) is -0.249. The number of anilines is 7. The molecule has 6 aromatic heterocycles. The molecule has 6 aromatic carbocycles. The van der Waals surface area contributed by atoms with E-state index in [1.165, 1.54) is 32.4 Å². The highest BCUT2D eigenvalue weighted by Crippen LogP contribution is 2.36. The molecule has 5 amide bonds. The van der Waals surface area contributed by atoms with E-state index in [4.69, 9.17) is 4.74 Å². The first-order chi connectivity index (χ1) is 55.3. The topological polar surface area (TPSA) is 247 Å². The normalized spacial score (nSPS) is 16.5. The molecule has 4 saturated heterocycles. The van der Waals surface area contributed by atoms with Crippen molar-refractivity contribution in [2.75, 3.05) is 113 Å². The Morgan fingerprint density at radius 1 is 0.496 bits per heavy atom. The van der Waals surface area contributed by atoms with Crippen LogP contribution in [0.25, 0.3) is 50.7 Å². The van der Waals surface area contributed by atoms with Crippen LogP contribution in [0.3, 0.4) is 0 Å². The summed E-state index contributed by atoms with van der Waals surface area (Å²) in [7, 11) is 0. The summed E-state index contributed by atoms with van der Waals surface area (Å²) in [6, 6.07) is 51.5. The first-order valence-electron chi connectivity index (χ1n) is 39.3. The number of imidazole rings is 3. The lowest BCUT2D eigenvalue weighted by Crippen LogP contribution is -2.49. The van der Waals surface area contributed by atoms with Gasteiger partial charge in [0.15, 0.2) is 16.9 Å². The number of halogens is 1. The summed E-state index contributed by atoms with van der Waals surface area (Å²) in [6.45, 7) is 18.5. The van der Waals surface area contributed by atoms with E-state index in [1.807, 2.05) is 166 Å². The van der Waals surface area contributed by atoms with Gasteiger partial charge >= 0.3 is 0 Å². The minimum Gasteiger partial charge on any atom is -0.379 e. The zero-order valence-corrected chi connectivity index (χ0v) is 63.4. The molecule has 4 fully saturated rings. The van der Waals surface area contributed by atoms with Gasteiger partial charge in [0.1, 0.15) is 5.82 Å². The van der Waals surface area contributed by atoms with Gasteiger partial charge in [-0.1, -0.05) is 24.6 Å². The molecule has 0 aliphatic carbocycles. The highest BCUT2D eigenvalue weighted by atomic mass is 19.1. The van der Waals surface area contributed by atoms with E-state index in [0.29, 0.717) is 55.2 Å². The lowest BCUT2D eigenvalue weighted by Gasteiger charge is -2.40. The van der Waals surface area contributed by atoms with Crippen LogP contribution < -0.4 is 42.1 Å². The monoisotopic (exact) mass is 1510 g/mol. The van der Waals surface area contributed by atoms with E-state index in [-0.39, 0.29) is 35.4 Å². The van der Waals surface area contributed by atoms with Crippen LogP contribution in [0.2, 0.25) is 0 Å². The van der Waals surface area contributed by atoms with Crippen molar-refractivity contribution < 1.29 is 33.1 Å². The number of aromatic nitrogens is 6. The van der Waals surface area contributed by atoms with Crippen molar-refractivity contribution in [1.29, 1.82) is 0 Å². The van der Waals surface area contributed by atoms with Crippen molar-refractivity contribution in [3.63, 3.8) is 0 Å². The smallest absolute Gasteiger partial charge is 0.253 e. The second-order valence-corrected chi connectivity index (χ2v) is 30.1. The summed E-state index contributed by atoms with van der Waals surface area (Å²) < 4.78 is 26.6. The van der Waals surface area contributed by atoms with E-state index in [9.17, 15) is 24.0 Å². The Kier molecular flexibility index (Phi) is 21.2. The number of morpholine rings is 1. The van der Waals surface area contributed by atoms with Gasteiger partial charge in [-0.3, -0.25) is 47.0 Å². The number of carbonyl (C=O) groups excluding carboxylic acids is 5. The summed E-state index contributed by atoms with van der Waals surface area (Å²) in [6.07, 6.45) is 17.2. The maximum absolute atomic E-state index is 15.1. The number of ether oxygens (including phenoxy) is 1. The minimum atomic E-state index is -0.227. The zero-order chi connectivity index (χ0) is 77.1. The second kappa shape index (κ2) is 32.6. The number of hydrogen-bond acceptors (Lipinski definition) is 16. The van der Waals surface area contributed by atoms with E-state index < -0.39 is 0 Å². The van der Waals surface area contributed by atoms with Crippen molar-refractivity contribution in [2.24, 2.45) is 0 Å². The van der Waals surface area contributed by atoms with Gasteiger partial charge in [0.25, 0.3) is 29.5 Å². The molecule has 19 rings (SSSR count). The molecule has 25 heteroatoms. The molecule has 7 N–H and O–H groups in total. The van der Waals surface area contributed by atoms with Gasteiger partial charge in [-0.2, -0.15) is 0 Å². The fourth-order valence-electron chi connectivity index (χ4n) is 16.6. The number of piperidine rings is 2. The minimum absolute atomic E-state index is 0.0148. The molecular weight excluding hydrogens is 1420 g/mol. The fourth-order valence-corrected chi connectivity index (χ4v) is 16.6. The molecule has 12 aromatic rings. The quantitative estimate of drug-likeness (QED) is 0.0448. The number of likely N-dealkylation sites (tertiary alicyclic amines) is 2. The van der Waals surface area contributed by atoms with Crippen LogP contribution in [0.15, 0.2) is 195 Å². The maximum Gasteiger partial charge on any atom is 0.253 e. The standard InChI is InChI=1S/C32H34N6O2.C28H29FN6O.C28H28N6O3/c39-31-27-9-6-23(20-24(27)21-34-31)29-11-10-28(30-33-14-19-38(29)30)35-25-7-4-22(5-8-25)32(40)37-17-12-26(13-18-37)36-15-2-1-3-16-36;1-18(2)33-11-13-34(14-12-33)26-7-4-21(16-23(26)29)32-24-6-8-25(35-10-9-30-27(24)35)19-3-5-22-20(15-19)17-31-28(22)36;35-27(30-9-11-33-13-15-37-16-14-33)19-1-4-22(5-2-19)32-24-7-8-25(34-12-10-29-26(24)34)20-3-6-23-21(17-20)18-31-28(23)36/h4-11,14,19-20,26,35H,1-3,12-13,15-18,21H2,(H,34,39);3-10,15-16,18,32H,11-14,17H2,1-2H3,(H,31,36);1-8,10,12,17,32H,9,11,13-16,18H2,(H,30,35)(H,31,36). The summed E-state index contributed by atoms with van der Waals surface area (Å²) in [5.41, 5.74) is 20.6. The van der Waals surface area contributed by atoms with E-state index in [2.05, 4.69) is 108 Å². The highest BCUT2D eigenvalue weighted by Gasteiger charge is 2.30. The number of amides is 5. The molecule has 0 spiro atoms. The number of carbonyl (C=O) groups is 5. The SMILES string of the molecule is CC(C)N1CCN(c2ccc(Nc3ccc(-c4ccc5c(c4)CNC5=O)n4ccnc34)cc2F)CC1.O=C(NCCN1CCOCC1)c1ccc(Nc2ccc(-c3ccc4c(c3)CNC4=O)n3ccnc23)cc1.O=C1NCc2cc(-c3ccc(Nc4ccc(C(=O)N5CCC(N6CCCCC6)CC5)cc4)c4nccn34)ccc21. The molecule has 7 aliphatic heterocycles. The molecule has 0 saturated carbocycles. The number of nitrogens with one attached hydrogen (secondary N) is 7. The van der Waals surface area contributed by atoms with Crippen molar-refractivity contribution >= 4 is 86.3 Å². The van der Waals surface area contributed by atoms with Crippen LogP contribution in [0.4, 0.5) is 44.2 Å². The third kappa shape index (κ3) is 15.8. The molecule has 0 atom stereocenters. The Hall–Kier alpha value is -12.3. The summed E-state index contributed by atoms with van der Waals surface area (Å²) in [4.78, 5) is 86.7. The average Bonchev–Trinajstić information content (AvgIpc) is 1.68. The summed E-state index contributed by atoms with van der Waals surface area (Å²) >= 11 is 0. The molecule has 113 heavy (non-hydrogen) atoms. The predicted octanol–water partition coefficient (Wildman–Crippen LogP) is 12.8. The number of benzene rings is 6. The van der Waals surface area contributed by atoms with E-state index in [0.717, 1.165) is 203 Å². The molecule has 0 radical (unpaired) electrons. The Bertz CT molecular complexity index is 5550. The van der Waals surface area contributed by atoms with Crippen molar-refractivity contribution in [2.45, 2.75) is 77.7 Å². The molecule has 0 unspecified atom stereocenters. The Morgan fingerprint density at radius 3 is 1.41 bits per heavy atom. The number of fused-ring (bicyclic) bond motifs is 6. The fraction of sp³-hybridized carbons (Fsp3) is 0.295. The maximum atomic E-state index is 15.1. The van der Waals surface area contributed by atoms with Crippen LogP contribution in [-0.2, 0) is 24.4 Å². The molecular formula is C88H91FN18O6. The lowest BCUT2D eigenvalue weighted by molar-refractivity contribution is 0.0383. The predicted molar refractivity (Wildman–Crippen MR) is 437 cm³/mol. The molecule has 24 nitrogen and oxygen atoms in total. The van der Waals surface area contributed by atoms with Crippen LogP contribution in [0.5, 0.6) is 0 Å². The van der Waals surface area contributed by atoms with Gasteiger partial charge in [-0.25, -0.2) is 19.3 Å². The van der Waals surface area contributed by atoms with Crippen LogP contribution in [0, 0.1) is 5.82 Å². The second-order valence-electron chi connectivity index (χ2n) is 30.1. The van der Waals surface area contributed by atoms with E-state index >= 15 is 4.39 Å². The third-order valence-electron chi connectivity index (χ3n) is 22.8. The largest absolute Gasteiger partial charge is 0.379 e. The number of pyridine rings is 3. The Morgan fingerprint density at radius 2 is 0.947 bits per heavy atom. The third-order valence-corrected chi connectivity index (χ3v) is 22.8. The van der Waals surface area contributed by atoms with Gasteiger partial charge in [-0.15, -0.1) is 0 Å². The van der Waals surface area contributed by atoms with Gasteiger partial charge in [0.2, 0.25) is 0 Å². The van der Waals surface area contributed by atoms with Gasteiger partial charge in [0.05, 0.1) is 53.0 Å². The first-order valence-corrected chi connectivity index (χ1v) is 39.3. The highest BCUT2D eigenvalue weighted by molar-refractivity contribution is 6.01. The van der Waals surface area contributed by atoms with Gasteiger partial charge < -0.3 is 56.7 Å². The summed E-state index contributed by atoms with van der Waals surface area (Å²) in [5, 5.41) is 21.9. The molecule has 13 heterocycles. The van der Waals surface area contributed by atoms with Crippen LogP contribution in [0.1, 0.15) is 114 Å². The van der Waals surface area contributed by atoms with Gasteiger partial charge in [-0.05, 0) is 226 Å². The number of piperazine rings is 1.